The summed E-state index contributed by atoms with van der Waals surface area (Å²) in [7, 11) is 0. The zero-order valence-corrected chi connectivity index (χ0v) is 15.2. The van der Waals surface area contributed by atoms with Gasteiger partial charge in [-0.15, -0.1) is 0 Å². The molecule has 2 saturated heterocycles. The molecular formula is C18H23NO3Se. The van der Waals surface area contributed by atoms with Gasteiger partial charge in [-0.1, -0.05) is 0 Å². The molecule has 0 spiro atoms. The number of hydrogen-bond donors (Lipinski definition) is 0. The maximum absolute atomic E-state index is 12.6. The average molecular weight is 380 g/mol. The predicted octanol–water partition coefficient (Wildman–Crippen LogP) is 1.91. The van der Waals surface area contributed by atoms with Gasteiger partial charge in [-0.05, 0) is 0 Å². The van der Waals surface area contributed by atoms with Crippen LogP contribution in [0.4, 0.5) is 0 Å². The second kappa shape index (κ2) is 7.06. The topological polar surface area (TPSA) is 46.6 Å². The van der Waals surface area contributed by atoms with Gasteiger partial charge in [-0.25, -0.2) is 0 Å². The van der Waals surface area contributed by atoms with Crippen LogP contribution in [0.25, 0.3) is 0 Å². The van der Waals surface area contributed by atoms with Crippen molar-refractivity contribution in [1.29, 1.82) is 0 Å². The normalized spacial score (nSPS) is 26.9. The Hall–Kier alpha value is -1.32. The molecule has 0 N–H and O–H groups in total. The van der Waals surface area contributed by atoms with Crippen molar-refractivity contribution >= 4 is 31.3 Å². The quantitative estimate of drug-likeness (QED) is 0.579. The molecule has 2 heterocycles. The van der Waals surface area contributed by atoms with Crippen molar-refractivity contribution in [3.8, 4) is 0 Å². The molecule has 0 unspecified atom stereocenters. The SMILES string of the molecule is CCOC(=O)[C@@]12CCCC(=O)N1[C@H](C[Se]c1ccccc1)CC2. The Labute approximate surface area is 143 Å². The van der Waals surface area contributed by atoms with Gasteiger partial charge in [0.05, 0.1) is 0 Å². The molecule has 2 aliphatic rings. The number of carbonyl (C=O) groups excluding carboxylic acids is 2. The second-order valence-corrected chi connectivity index (χ2v) is 8.48. The minimum absolute atomic E-state index is 0.135. The Morgan fingerprint density at radius 3 is 2.87 bits per heavy atom. The molecule has 2 fully saturated rings. The molecule has 2 atom stereocenters. The molecule has 1 aromatic rings. The summed E-state index contributed by atoms with van der Waals surface area (Å²) in [5, 5.41) is 0.976. The summed E-state index contributed by atoms with van der Waals surface area (Å²) in [5.74, 6) is -0.0570. The molecule has 4 nitrogen and oxygen atoms in total. The van der Waals surface area contributed by atoms with Crippen LogP contribution in [0.15, 0.2) is 30.3 Å². The third-order valence-corrected chi connectivity index (χ3v) is 7.24. The first-order valence-electron chi connectivity index (χ1n) is 8.34. The van der Waals surface area contributed by atoms with E-state index < -0.39 is 5.54 Å². The van der Waals surface area contributed by atoms with Crippen molar-refractivity contribution in [2.24, 2.45) is 0 Å². The van der Waals surface area contributed by atoms with E-state index in [-0.39, 0.29) is 17.9 Å². The summed E-state index contributed by atoms with van der Waals surface area (Å²) < 4.78 is 6.66. The standard InChI is InChI=1S/C18H23NO3Se/c1-2-22-17(21)18-11-6-9-16(20)19(18)14(10-12-18)13-23-15-7-4-3-5-8-15/h3-5,7-8,14H,2,6,9-13H2,1H3/t14-,18-/m0/s1. The van der Waals surface area contributed by atoms with Crippen LogP contribution >= 0.6 is 0 Å². The summed E-state index contributed by atoms with van der Waals surface area (Å²) in [6.07, 6.45) is 3.79. The van der Waals surface area contributed by atoms with Gasteiger partial charge in [0.1, 0.15) is 0 Å². The number of piperidine rings is 1. The number of fused-ring (bicyclic) bond motifs is 1. The van der Waals surface area contributed by atoms with Crippen molar-refractivity contribution in [3.63, 3.8) is 0 Å². The van der Waals surface area contributed by atoms with E-state index in [0.717, 1.165) is 31.0 Å². The molecule has 0 aliphatic carbocycles. The summed E-state index contributed by atoms with van der Waals surface area (Å²) in [4.78, 5) is 27.0. The summed E-state index contributed by atoms with van der Waals surface area (Å²) >= 11 is 0.328. The van der Waals surface area contributed by atoms with E-state index in [1.807, 2.05) is 17.9 Å². The number of benzene rings is 1. The zero-order chi connectivity index (χ0) is 16.3. The van der Waals surface area contributed by atoms with Gasteiger partial charge in [0.2, 0.25) is 0 Å². The van der Waals surface area contributed by atoms with Gasteiger partial charge in [0, 0.05) is 0 Å². The molecule has 0 aromatic heterocycles. The van der Waals surface area contributed by atoms with E-state index in [9.17, 15) is 9.59 Å². The van der Waals surface area contributed by atoms with E-state index in [0.29, 0.717) is 28.0 Å². The van der Waals surface area contributed by atoms with Crippen LogP contribution in [-0.2, 0) is 14.3 Å². The fraction of sp³-hybridized carbons (Fsp3) is 0.556. The number of esters is 1. The number of carbonyl (C=O) groups is 2. The zero-order valence-electron chi connectivity index (χ0n) is 13.5. The van der Waals surface area contributed by atoms with Crippen LogP contribution in [0, 0.1) is 0 Å². The monoisotopic (exact) mass is 381 g/mol. The van der Waals surface area contributed by atoms with E-state index in [2.05, 4.69) is 24.3 Å². The number of hydrogen-bond acceptors (Lipinski definition) is 3. The molecular weight excluding hydrogens is 357 g/mol. The van der Waals surface area contributed by atoms with Crippen LogP contribution in [-0.4, -0.2) is 49.9 Å². The number of ether oxygens (including phenoxy) is 1. The van der Waals surface area contributed by atoms with Crippen LogP contribution in [0.3, 0.4) is 0 Å². The Morgan fingerprint density at radius 1 is 1.35 bits per heavy atom. The average Bonchev–Trinajstić information content (AvgIpc) is 2.96. The van der Waals surface area contributed by atoms with Crippen molar-refractivity contribution in [1.82, 2.24) is 4.90 Å². The van der Waals surface area contributed by atoms with Crippen molar-refractivity contribution in [3.05, 3.63) is 30.3 Å². The van der Waals surface area contributed by atoms with Crippen molar-refractivity contribution < 1.29 is 14.3 Å². The van der Waals surface area contributed by atoms with Gasteiger partial charge in [-0.3, -0.25) is 0 Å². The van der Waals surface area contributed by atoms with Gasteiger partial charge >= 0.3 is 143 Å². The predicted molar refractivity (Wildman–Crippen MR) is 89.7 cm³/mol. The van der Waals surface area contributed by atoms with Crippen LogP contribution in [0.2, 0.25) is 5.32 Å². The third kappa shape index (κ3) is 3.17. The molecule has 0 radical (unpaired) electrons. The second-order valence-electron chi connectivity index (χ2n) is 6.19. The van der Waals surface area contributed by atoms with E-state index in [1.165, 1.54) is 4.46 Å². The maximum atomic E-state index is 12.6. The summed E-state index contributed by atoms with van der Waals surface area (Å²) in [6, 6.07) is 10.6. The fourth-order valence-electron chi connectivity index (χ4n) is 3.78. The van der Waals surface area contributed by atoms with E-state index in [1.54, 1.807) is 0 Å². The summed E-state index contributed by atoms with van der Waals surface area (Å²) in [6.45, 7) is 2.20. The fourth-order valence-corrected chi connectivity index (χ4v) is 5.98. The van der Waals surface area contributed by atoms with Crippen molar-refractivity contribution in [2.45, 2.75) is 55.9 Å². The molecule has 1 amide bonds. The molecule has 3 rings (SSSR count). The molecule has 2 aliphatic heterocycles. The minimum atomic E-state index is -0.678. The number of nitrogens with zero attached hydrogens (tertiary/aromatic N) is 1. The number of amides is 1. The molecule has 0 saturated carbocycles. The van der Waals surface area contributed by atoms with Crippen molar-refractivity contribution in [2.75, 3.05) is 6.61 Å². The van der Waals surface area contributed by atoms with Gasteiger partial charge in [-0.2, -0.15) is 0 Å². The summed E-state index contributed by atoms with van der Waals surface area (Å²) in [5.41, 5.74) is -0.678. The molecule has 23 heavy (non-hydrogen) atoms. The molecule has 5 heteroatoms. The van der Waals surface area contributed by atoms with E-state index >= 15 is 0 Å². The van der Waals surface area contributed by atoms with Crippen LogP contribution in [0.1, 0.15) is 39.0 Å². The Morgan fingerprint density at radius 2 is 2.13 bits per heavy atom. The Bertz CT molecular complexity index is 577. The first-order chi connectivity index (χ1) is 11.2. The molecule has 124 valence electrons. The van der Waals surface area contributed by atoms with Gasteiger partial charge in [0.15, 0.2) is 0 Å². The van der Waals surface area contributed by atoms with Crippen LogP contribution < -0.4 is 4.46 Å². The molecule has 1 aromatic carbocycles. The first-order valence-corrected chi connectivity index (χ1v) is 10.4. The first kappa shape index (κ1) is 16.5. The van der Waals surface area contributed by atoms with Gasteiger partial charge < -0.3 is 0 Å². The number of rotatable bonds is 5. The molecule has 0 bridgehead atoms. The Kier molecular flexibility index (Phi) is 5.08. The van der Waals surface area contributed by atoms with Crippen LogP contribution in [0.5, 0.6) is 0 Å². The van der Waals surface area contributed by atoms with E-state index in [4.69, 9.17) is 4.74 Å². The van der Waals surface area contributed by atoms with Gasteiger partial charge in [0.25, 0.3) is 0 Å². The Balaban J connectivity index is 1.75. The third-order valence-electron chi connectivity index (χ3n) is 4.81.